The van der Waals surface area contributed by atoms with Gasteiger partial charge in [0.25, 0.3) is 0 Å². The van der Waals surface area contributed by atoms with E-state index in [0.717, 1.165) is 17.1 Å². The van der Waals surface area contributed by atoms with Gasteiger partial charge in [-0.1, -0.05) is 12.1 Å². The van der Waals surface area contributed by atoms with Crippen molar-refractivity contribution in [2.45, 2.75) is 19.1 Å². The van der Waals surface area contributed by atoms with Crippen LogP contribution < -0.4 is 14.8 Å². The molecule has 0 saturated heterocycles. The second-order valence-corrected chi connectivity index (χ2v) is 4.41. The van der Waals surface area contributed by atoms with Gasteiger partial charge in [0.1, 0.15) is 0 Å². The van der Waals surface area contributed by atoms with E-state index in [9.17, 15) is 5.11 Å². The van der Waals surface area contributed by atoms with E-state index in [1.54, 1.807) is 6.92 Å². The predicted octanol–water partition coefficient (Wildman–Crippen LogP) is 0.248. The third-order valence-corrected chi connectivity index (χ3v) is 2.64. The monoisotopic (exact) mass is 239 g/mol. The number of hydrogen-bond acceptors (Lipinski definition) is 5. The van der Waals surface area contributed by atoms with Crippen molar-refractivity contribution < 1.29 is 19.7 Å². The van der Waals surface area contributed by atoms with E-state index in [0.29, 0.717) is 13.1 Å². The maximum atomic E-state index is 9.63. The Hall–Kier alpha value is -1.30. The molecule has 1 unspecified atom stereocenters. The van der Waals surface area contributed by atoms with Crippen LogP contribution >= 0.6 is 0 Å². The van der Waals surface area contributed by atoms with E-state index in [4.69, 9.17) is 14.6 Å². The number of benzene rings is 1. The summed E-state index contributed by atoms with van der Waals surface area (Å²) in [5.74, 6) is 1.50. The molecular formula is C12H17NO4. The Kier molecular flexibility index (Phi) is 3.51. The highest BCUT2D eigenvalue weighted by molar-refractivity contribution is 5.48. The zero-order valence-corrected chi connectivity index (χ0v) is 9.77. The first-order valence-electron chi connectivity index (χ1n) is 5.54. The van der Waals surface area contributed by atoms with Gasteiger partial charge in [-0.15, -0.1) is 0 Å². The predicted molar refractivity (Wildman–Crippen MR) is 62.0 cm³/mol. The van der Waals surface area contributed by atoms with Gasteiger partial charge in [0.2, 0.25) is 6.79 Å². The van der Waals surface area contributed by atoms with Gasteiger partial charge in [-0.05, 0) is 13.0 Å². The number of para-hydroxylation sites is 1. The van der Waals surface area contributed by atoms with Crippen LogP contribution in [-0.4, -0.2) is 35.8 Å². The van der Waals surface area contributed by atoms with Crippen molar-refractivity contribution in [3.8, 4) is 11.5 Å². The Balaban J connectivity index is 1.94. The normalized spacial score (nSPS) is 16.9. The number of rotatable bonds is 5. The summed E-state index contributed by atoms with van der Waals surface area (Å²) in [5, 5.41) is 21.6. The van der Waals surface area contributed by atoms with Gasteiger partial charge < -0.3 is 25.0 Å². The quantitative estimate of drug-likeness (QED) is 0.687. The van der Waals surface area contributed by atoms with Crippen LogP contribution in [-0.2, 0) is 6.54 Å². The van der Waals surface area contributed by atoms with Crippen LogP contribution in [0.4, 0.5) is 0 Å². The zero-order chi connectivity index (χ0) is 12.3. The summed E-state index contributed by atoms with van der Waals surface area (Å²) in [4.78, 5) is 0. The zero-order valence-electron chi connectivity index (χ0n) is 9.77. The summed E-state index contributed by atoms with van der Waals surface area (Å²) in [6.45, 7) is 2.43. The minimum atomic E-state index is -1.10. The fraction of sp³-hybridized carbons (Fsp3) is 0.500. The molecule has 0 radical (unpaired) electrons. The highest BCUT2D eigenvalue weighted by Crippen LogP contribution is 2.35. The van der Waals surface area contributed by atoms with E-state index in [1.165, 1.54) is 0 Å². The van der Waals surface area contributed by atoms with Crippen molar-refractivity contribution in [1.82, 2.24) is 5.32 Å². The minimum Gasteiger partial charge on any atom is -0.454 e. The molecule has 0 aliphatic carbocycles. The largest absolute Gasteiger partial charge is 0.454 e. The summed E-state index contributed by atoms with van der Waals surface area (Å²) in [6, 6.07) is 5.69. The first kappa shape index (κ1) is 12.2. The molecule has 1 aromatic carbocycles. The summed E-state index contributed by atoms with van der Waals surface area (Å²) in [6.07, 6.45) is 0. The van der Waals surface area contributed by atoms with Crippen LogP contribution in [0, 0.1) is 0 Å². The average Bonchev–Trinajstić information content (AvgIpc) is 2.78. The van der Waals surface area contributed by atoms with Gasteiger partial charge in [0.15, 0.2) is 11.5 Å². The molecule has 5 nitrogen and oxygen atoms in total. The lowest BCUT2D eigenvalue weighted by atomic mass is 10.1. The van der Waals surface area contributed by atoms with Crippen molar-refractivity contribution in [2.24, 2.45) is 0 Å². The Bertz CT molecular complexity index is 392. The number of hydrogen-bond donors (Lipinski definition) is 3. The Morgan fingerprint density at radius 2 is 2.24 bits per heavy atom. The molecule has 1 aromatic rings. The fourth-order valence-electron chi connectivity index (χ4n) is 1.65. The first-order valence-corrected chi connectivity index (χ1v) is 5.54. The molecule has 0 fully saturated rings. The molecule has 17 heavy (non-hydrogen) atoms. The smallest absolute Gasteiger partial charge is 0.231 e. The number of aliphatic hydroxyl groups excluding tert-OH is 1. The molecule has 1 aliphatic heterocycles. The van der Waals surface area contributed by atoms with Crippen LogP contribution in [0.15, 0.2) is 18.2 Å². The van der Waals surface area contributed by atoms with Gasteiger partial charge in [-0.25, -0.2) is 0 Å². The highest BCUT2D eigenvalue weighted by atomic mass is 16.7. The number of nitrogens with one attached hydrogen (secondary N) is 1. The number of ether oxygens (including phenoxy) is 2. The average molecular weight is 239 g/mol. The Morgan fingerprint density at radius 1 is 1.41 bits per heavy atom. The maximum Gasteiger partial charge on any atom is 0.231 e. The van der Waals surface area contributed by atoms with Crippen molar-refractivity contribution in [2.75, 3.05) is 19.9 Å². The molecule has 5 heteroatoms. The standard InChI is InChI=1S/C12H17NO4/c1-12(15,7-14)6-13-5-9-3-2-4-10-11(9)17-8-16-10/h2-4,13-15H,5-8H2,1H3. The molecule has 0 bridgehead atoms. The molecule has 1 heterocycles. The van der Waals surface area contributed by atoms with E-state index in [2.05, 4.69) is 5.32 Å². The van der Waals surface area contributed by atoms with Crippen LogP contribution in [0.25, 0.3) is 0 Å². The van der Waals surface area contributed by atoms with Crippen LogP contribution in [0.1, 0.15) is 12.5 Å². The molecule has 0 aromatic heterocycles. The fourth-order valence-corrected chi connectivity index (χ4v) is 1.65. The Labute approximate surface area is 100.0 Å². The van der Waals surface area contributed by atoms with Crippen molar-refractivity contribution in [3.63, 3.8) is 0 Å². The highest BCUT2D eigenvalue weighted by Gasteiger charge is 2.20. The minimum absolute atomic E-state index is 0.251. The molecule has 0 spiro atoms. The van der Waals surface area contributed by atoms with Gasteiger partial charge in [-0.2, -0.15) is 0 Å². The van der Waals surface area contributed by atoms with E-state index in [-0.39, 0.29) is 13.4 Å². The molecule has 1 atom stereocenters. The second kappa shape index (κ2) is 4.91. The van der Waals surface area contributed by atoms with Crippen LogP contribution in [0.5, 0.6) is 11.5 Å². The molecule has 3 N–H and O–H groups in total. The topological polar surface area (TPSA) is 71.0 Å². The number of aliphatic hydroxyl groups is 2. The lowest BCUT2D eigenvalue weighted by Crippen LogP contribution is -2.40. The van der Waals surface area contributed by atoms with Crippen molar-refractivity contribution in [1.29, 1.82) is 0 Å². The van der Waals surface area contributed by atoms with Gasteiger partial charge >= 0.3 is 0 Å². The molecule has 1 aliphatic rings. The number of fused-ring (bicyclic) bond motifs is 1. The lowest BCUT2D eigenvalue weighted by Gasteiger charge is -2.20. The summed E-state index contributed by atoms with van der Waals surface area (Å²) < 4.78 is 10.6. The molecule has 2 rings (SSSR count). The lowest BCUT2D eigenvalue weighted by molar-refractivity contribution is 0.00250. The Morgan fingerprint density at radius 3 is 3.00 bits per heavy atom. The van der Waals surface area contributed by atoms with Gasteiger partial charge in [0, 0.05) is 18.7 Å². The third-order valence-electron chi connectivity index (χ3n) is 2.64. The molecule has 0 amide bonds. The second-order valence-electron chi connectivity index (χ2n) is 4.41. The van der Waals surface area contributed by atoms with Crippen molar-refractivity contribution >= 4 is 0 Å². The maximum absolute atomic E-state index is 9.63. The van der Waals surface area contributed by atoms with E-state index >= 15 is 0 Å². The summed E-state index contributed by atoms with van der Waals surface area (Å²) >= 11 is 0. The molecule has 94 valence electrons. The van der Waals surface area contributed by atoms with Crippen molar-refractivity contribution in [3.05, 3.63) is 23.8 Å². The van der Waals surface area contributed by atoms with E-state index in [1.807, 2.05) is 18.2 Å². The molecule has 0 saturated carbocycles. The SMILES string of the molecule is CC(O)(CO)CNCc1cccc2c1OCO2. The summed E-state index contributed by atoms with van der Waals surface area (Å²) in [5.41, 5.74) is -0.122. The summed E-state index contributed by atoms with van der Waals surface area (Å²) in [7, 11) is 0. The third kappa shape index (κ3) is 2.88. The van der Waals surface area contributed by atoms with Gasteiger partial charge in [0.05, 0.1) is 12.2 Å². The van der Waals surface area contributed by atoms with Gasteiger partial charge in [-0.3, -0.25) is 0 Å². The van der Waals surface area contributed by atoms with Crippen LogP contribution in [0.2, 0.25) is 0 Å². The van der Waals surface area contributed by atoms with E-state index < -0.39 is 5.60 Å². The van der Waals surface area contributed by atoms with Crippen LogP contribution in [0.3, 0.4) is 0 Å². The molecular weight excluding hydrogens is 222 g/mol. The first-order chi connectivity index (χ1) is 8.12.